The van der Waals surface area contributed by atoms with Crippen molar-refractivity contribution < 1.29 is 14.6 Å². The van der Waals surface area contributed by atoms with Crippen LogP contribution >= 0.6 is 0 Å². The molecular formula is C23H31N4O3+. The van der Waals surface area contributed by atoms with Gasteiger partial charge in [-0.05, 0) is 30.0 Å². The van der Waals surface area contributed by atoms with Crippen molar-refractivity contribution in [3.8, 4) is 0 Å². The summed E-state index contributed by atoms with van der Waals surface area (Å²) in [5.41, 5.74) is 2.25. The molecule has 0 bridgehead atoms. The third-order valence-electron chi connectivity index (χ3n) is 5.55. The molecule has 1 amide bonds. The van der Waals surface area contributed by atoms with Crippen molar-refractivity contribution in [3.63, 3.8) is 0 Å². The SMILES string of the molecule is CC(C)C[C@@H](NC(=O)C[NH+]1CCN(c2ccc([N+](=O)[O-])cc2)CC1)c1ccccc1. The molecule has 0 unspecified atom stereocenters. The van der Waals surface area contributed by atoms with Crippen LogP contribution in [0.1, 0.15) is 31.9 Å². The Kier molecular flexibility index (Phi) is 7.41. The molecule has 1 saturated heterocycles. The molecule has 1 aliphatic rings. The second kappa shape index (κ2) is 10.2. The van der Waals surface area contributed by atoms with E-state index in [1.165, 1.54) is 4.90 Å². The zero-order valence-corrected chi connectivity index (χ0v) is 17.7. The Hall–Kier alpha value is -2.93. The summed E-state index contributed by atoms with van der Waals surface area (Å²) < 4.78 is 0. The minimum atomic E-state index is -0.382. The topological polar surface area (TPSA) is 79.9 Å². The number of nitro groups is 1. The van der Waals surface area contributed by atoms with E-state index < -0.39 is 0 Å². The van der Waals surface area contributed by atoms with Gasteiger partial charge in [-0.3, -0.25) is 14.9 Å². The zero-order valence-electron chi connectivity index (χ0n) is 17.7. The van der Waals surface area contributed by atoms with Gasteiger partial charge in [0, 0.05) is 17.8 Å². The first-order chi connectivity index (χ1) is 14.4. The summed E-state index contributed by atoms with van der Waals surface area (Å²) in [4.78, 5) is 26.6. The van der Waals surface area contributed by atoms with E-state index in [0.717, 1.165) is 43.9 Å². The van der Waals surface area contributed by atoms with Crippen molar-refractivity contribution in [1.82, 2.24) is 5.32 Å². The summed E-state index contributed by atoms with van der Waals surface area (Å²) in [5.74, 6) is 0.580. The lowest BCUT2D eigenvalue weighted by molar-refractivity contribution is -0.892. The van der Waals surface area contributed by atoms with Crippen LogP contribution in [-0.2, 0) is 4.79 Å². The lowest BCUT2D eigenvalue weighted by Gasteiger charge is -2.33. The van der Waals surface area contributed by atoms with Crippen LogP contribution in [0, 0.1) is 16.0 Å². The van der Waals surface area contributed by atoms with E-state index >= 15 is 0 Å². The molecule has 0 spiro atoms. The zero-order chi connectivity index (χ0) is 21.5. The first kappa shape index (κ1) is 21.8. The Morgan fingerprint density at radius 1 is 1.10 bits per heavy atom. The van der Waals surface area contributed by atoms with E-state index in [-0.39, 0.29) is 22.6 Å². The number of hydrogen-bond acceptors (Lipinski definition) is 4. The lowest BCUT2D eigenvalue weighted by Crippen LogP contribution is -3.16. The smallest absolute Gasteiger partial charge is 0.275 e. The molecule has 30 heavy (non-hydrogen) atoms. The Bertz CT molecular complexity index is 831. The Balaban J connectivity index is 1.51. The standard InChI is InChI=1S/C23H30N4O3/c1-18(2)16-22(19-6-4-3-5-7-19)24-23(28)17-25-12-14-26(15-13-25)20-8-10-21(11-9-20)27(29)30/h3-11,18,22H,12-17H2,1-2H3,(H,24,28)/p+1/t22-/m1/s1. The number of benzene rings is 2. The fourth-order valence-corrected chi connectivity index (χ4v) is 3.95. The van der Waals surface area contributed by atoms with Gasteiger partial charge in [-0.15, -0.1) is 0 Å². The summed E-state index contributed by atoms with van der Waals surface area (Å²) in [6.07, 6.45) is 0.916. The van der Waals surface area contributed by atoms with Gasteiger partial charge < -0.3 is 15.1 Å². The van der Waals surface area contributed by atoms with Gasteiger partial charge in [0.2, 0.25) is 0 Å². The number of nitro benzene ring substituents is 1. The third kappa shape index (κ3) is 6.03. The van der Waals surface area contributed by atoms with Gasteiger partial charge in [-0.1, -0.05) is 44.2 Å². The van der Waals surface area contributed by atoms with Gasteiger partial charge in [0.1, 0.15) is 0 Å². The van der Waals surface area contributed by atoms with Crippen LogP contribution in [0.3, 0.4) is 0 Å². The molecule has 1 fully saturated rings. The molecule has 3 rings (SSSR count). The number of nitrogens with one attached hydrogen (secondary N) is 2. The molecule has 7 nitrogen and oxygen atoms in total. The highest BCUT2D eigenvalue weighted by Gasteiger charge is 2.24. The van der Waals surface area contributed by atoms with Crippen molar-refractivity contribution in [2.24, 2.45) is 5.92 Å². The highest BCUT2D eigenvalue weighted by Crippen LogP contribution is 2.21. The van der Waals surface area contributed by atoms with Gasteiger partial charge in [0.05, 0.1) is 37.1 Å². The third-order valence-corrected chi connectivity index (χ3v) is 5.55. The average molecular weight is 412 g/mol. The summed E-state index contributed by atoms with van der Waals surface area (Å²) in [5, 5.41) is 14.0. The van der Waals surface area contributed by atoms with Crippen LogP contribution in [-0.4, -0.2) is 43.6 Å². The monoisotopic (exact) mass is 411 g/mol. The van der Waals surface area contributed by atoms with Gasteiger partial charge in [-0.25, -0.2) is 0 Å². The van der Waals surface area contributed by atoms with Crippen molar-refractivity contribution in [2.75, 3.05) is 37.6 Å². The van der Waals surface area contributed by atoms with Crippen LogP contribution in [0.15, 0.2) is 54.6 Å². The fourth-order valence-electron chi connectivity index (χ4n) is 3.95. The molecule has 2 N–H and O–H groups in total. The number of carbonyl (C=O) groups is 1. The molecule has 2 aromatic rings. The average Bonchev–Trinajstić information content (AvgIpc) is 2.74. The number of hydrogen-bond donors (Lipinski definition) is 2. The quantitative estimate of drug-likeness (QED) is 0.516. The highest BCUT2D eigenvalue weighted by atomic mass is 16.6. The maximum Gasteiger partial charge on any atom is 0.275 e. The number of nitrogens with zero attached hydrogens (tertiary/aromatic N) is 2. The van der Waals surface area contributed by atoms with Gasteiger partial charge in [-0.2, -0.15) is 0 Å². The normalized spacial score (nSPS) is 15.8. The summed E-state index contributed by atoms with van der Waals surface area (Å²) in [7, 11) is 0. The fraction of sp³-hybridized carbons (Fsp3) is 0.435. The van der Waals surface area contributed by atoms with Crippen LogP contribution in [0.5, 0.6) is 0 Å². The summed E-state index contributed by atoms with van der Waals surface area (Å²) >= 11 is 0. The van der Waals surface area contributed by atoms with Crippen molar-refractivity contribution in [3.05, 3.63) is 70.3 Å². The molecule has 0 radical (unpaired) electrons. The van der Waals surface area contributed by atoms with Crippen molar-refractivity contribution in [1.29, 1.82) is 0 Å². The van der Waals surface area contributed by atoms with Crippen LogP contribution in [0.2, 0.25) is 0 Å². The number of rotatable bonds is 8. The number of amides is 1. The van der Waals surface area contributed by atoms with E-state index in [9.17, 15) is 14.9 Å². The number of non-ortho nitro benzene ring substituents is 1. The van der Waals surface area contributed by atoms with Crippen LogP contribution in [0.4, 0.5) is 11.4 Å². The maximum absolute atomic E-state index is 12.7. The predicted octanol–water partition coefficient (Wildman–Crippen LogP) is 2.20. The summed E-state index contributed by atoms with van der Waals surface area (Å²) in [6, 6.07) is 16.9. The Labute approximate surface area is 177 Å². The lowest BCUT2D eigenvalue weighted by atomic mass is 9.97. The largest absolute Gasteiger partial charge is 0.360 e. The molecule has 1 aliphatic heterocycles. The maximum atomic E-state index is 12.7. The molecular weight excluding hydrogens is 380 g/mol. The van der Waals surface area contributed by atoms with Crippen LogP contribution < -0.4 is 15.1 Å². The van der Waals surface area contributed by atoms with E-state index in [1.807, 2.05) is 18.2 Å². The first-order valence-corrected chi connectivity index (χ1v) is 10.6. The molecule has 1 atom stereocenters. The highest BCUT2D eigenvalue weighted by molar-refractivity contribution is 5.77. The first-order valence-electron chi connectivity index (χ1n) is 10.6. The molecule has 0 aliphatic carbocycles. The second-order valence-electron chi connectivity index (χ2n) is 8.35. The minimum Gasteiger partial charge on any atom is -0.360 e. The van der Waals surface area contributed by atoms with E-state index in [1.54, 1.807) is 24.3 Å². The van der Waals surface area contributed by atoms with Crippen molar-refractivity contribution >= 4 is 17.3 Å². The van der Waals surface area contributed by atoms with E-state index in [2.05, 4.69) is 36.2 Å². The van der Waals surface area contributed by atoms with E-state index in [0.29, 0.717) is 12.5 Å². The molecule has 160 valence electrons. The van der Waals surface area contributed by atoms with Gasteiger partial charge in [0.15, 0.2) is 6.54 Å². The molecule has 0 saturated carbocycles. The summed E-state index contributed by atoms with van der Waals surface area (Å²) in [6.45, 7) is 8.20. The Morgan fingerprint density at radius 3 is 2.30 bits per heavy atom. The predicted molar refractivity (Wildman–Crippen MR) is 118 cm³/mol. The van der Waals surface area contributed by atoms with Gasteiger partial charge >= 0.3 is 0 Å². The number of carbonyl (C=O) groups excluding carboxylic acids is 1. The Morgan fingerprint density at radius 2 is 1.73 bits per heavy atom. The van der Waals surface area contributed by atoms with Gasteiger partial charge in [0.25, 0.3) is 11.6 Å². The van der Waals surface area contributed by atoms with E-state index in [4.69, 9.17) is 0 Å². The van der Waals surface area contributed by atoms with Crippen molar-refractivity contribution in [2.45, 2.75) is 26.3 Å². The second-order valence-corrected chi connectivity index (χ2v) is 8.35. The van der Waals surface area contributed by atoms with Crippen LogP contribution in [0.25, 0.3) is 0 Å². The minimum absolute atomic E-state index is 0.0412. The number of piperazine rings is 1. The molecule has 2 aromatic carbocycles. The molecule has 1 heterocycles. The molecule has 7 heteroatoms. The molecule has 0 aromatic heterocycles. The number of anilines is 1. The number of quaternary nitrogens is 1.